The van der Waals surface area contributed by atoms with Crippen molar-refractivity contribution < 1.29 is 17.9 Å². The average molecular weight is 470 g/mol. The highest BCUT2D eigenvalue weighted by molar-refractivity contribution is 9.10. The number of nitrogens with zero attached hydrogens (tertiary/aromatic N) is 2. The Morgan fingerprint density at radius 2 is 2.04 bits per heavy atom. The molecule has 1 N–H and O–H groups in total. The summed E-state index contributed by atoms with van der Waals surface area (Å²) in [6.07, 6.45) is 2.69. The molecule has 8 nitrogen and oxygen atoms in total. The van der Waals surface area contributed by atoms with Crippen molar-refractivity contribution in [1.82, 2.24) is 14.5 Å². The van der Waals surface area contributed by atoms with E-state index in [-0.39, 0.29) is 5.75 Å². The minimum atomic E-state index is -3.41. The van der Waals surface area contributed by atoms with Gasteiger partial charge in [-0.2, -0.15) is 0 Å². The van der Waals surface area contributed by atoms with Gasteiger partial charge in [0.05, 0.1) is 31.0 Å². The number of pyridine rings is 1. The standard InChI is InChI=1S/C18H20BrN3O5S/c1-4-27-16-7-11(5-6-15(16)26-2)14(10-28(3,24)25)22-17-13(21-18(22)23)8-12(19)9-20-17/h5-9,14H,4,10H2,1-3H3,(H,21,23)/t14-/m0/s1. The van der Waals surface area contributed by atoms with Gasteiger partial charge in [-0.25, -0.2) is 18.2 Å². The molecule has 1 atom stereocenters. The van der Waals surface area contributed by atoms with Crippen LogP contribution >= 0.6 is 15.9 Å². The first kappa shape index (κ1) is 20.4. The number of methoxy groups -OCH3 is 1. The molecule has 0 spiro atoms. The Bertz CT molecular complexity index is 1170. The largest absolute Gasteiger partial charge is 0.493 e. The Morgan fingerprint density at radius 3 is 2.68 bits per heavy atom. The molecule has 0 saturated carbocycles. The van der Waals surface area contributed by atoms with Crippen molar-refractivity contribution in [1.29, 1.82) is 0 Å². The van der Waals surface area contributed by atoms with Crippen LogP contribution in [-0.4, -0.2) is 48.7 Å². The van der Waals surface area contributed by atoms with Gasteiger partial charge in [-0.05, 0) is 46.6 Å². The summed E-state index contributed by atoms with van der Waals surface area (Å²) >= 11 is 3.32. The van der Waals surface area contributed by atoms with Crippen molar-refractivity contribution in [3.05, 3.63) is 51.0 Å². The number of ether oxygens (including phenoxy) is 2. The maximum atomic E-state index is 12.7. The van der Waals surface area contributed by atoms with Crippen LogP contribution in [0.25, 0.3) is 11.2 Å². The number of benzene rings is 1. The number of halogens is 1. The number of hydrogen-bond acceptors (Lipinski definition) is 6. The van der Waals surface area contributed by atoms with Gasteiger partial charge in [-0.15, -0.1) is 0 Å². The summed E-state index contributed by atoms with van der Waals surface area (Å²) in [6.45, 7) is 2.26. The highest BCUT2D eigenvalue weighted by atomic mass is 79.9. The Balaban J connectivity index is 2.23. The van der Waals surface area contributed by atoms with Crippen molar-refractivity contribution >= 4 is 36.9 Å². The number of nitrogens with one attached hydrogen (secondary N) is 1. The Morgan fingerprint density at radius 1 is 1.29 bits per heavy atom. The fourth-order valence-corrected chi connectivity index (χ4v) is 4.30. The van der Waals surface area contributed by atoms with Crippen LogP contribution in [0.4, 0.5) is 0 Å². The second-order valence-corrected chi connectivity index (χ2v) is 9.38. The van der Waals surface area contributed by atoms with Crippen molar-refractivity contribution in [2.45, 2.75) is 13.0 Å². The fraction of sp³-hybridized carbons (Fsp3) is 0.333. The van der Waals surface area contributed by atoms with E-state index >= 15 is 0 Å². The van der Waals surface area contributed by atoms with Crippen LogP contribution in [-0.2, 0) is 9.84 Å². The number of sulfone groups is 1. The van der Waals surface area contributed by atoms with E-state index in [1.54, 1.807) is 30.5 Å². The molecule has 0 saturated heterocycles. The molecule has 0 fully saturated rings. The number of H-pyrrole nitrogens is 1. The molecule has 3 rings (SSSR count). The van der Waals surface area contributed by atoms with Crippen LogP contribution in [0, 0.1) is 0 Å². The summed E-state index contributed by atoms with van der Waals surface area (Å²) < 4.78 is 37.2. The monoisotopic (exact) mass is 469 g/mol. The van der Waals surface area contributed by atoms with Crippen molar-refractivity contribution in [2.75, 3.05) is 25.7 Å². The summed E-state index contributed by atoms with van der Waals surface area (Å²) in [7, 11) is -1.89. The summed E-state index contributed by atoms with van der Waals surface area (Å²) in [4.78, 5) is 19.7. The first-order valence-electron chi connectivity index (χ1n) is 8.47. The quantitative estimate of drug-likeness (QED) is 0.570. The first-order chi connectivity index (χ1) is 13.2. The van der Waals surface area contributed by atoms with Gasteiger partial charge in [0.25, 0.3) is 0 Å². The molecule has 0 aliphatic rings. The molecular weight excluding hydrogens is 450 g/mol. The Labute approximate surface area is 170 Å². The predicted octanol–water partition coefficient (Wildman–Crippen LogP) is 2.53. The van der Waals surface area contributed by atoms with Crippen LogP contribution in [0.3, 0.4) is 0 Å². The molecule has 0 bridgehead atoms. The van der Waals surface area contributed by atoms with Crippen LogP contribution < -0.4 is 15.2 Å². The molecule has 2 heterocycles. The van der Waals surface area contributed by atoms with E-state index in [2.05, 4.69) is 25.9 Å². The number of fused-ring (bicyclic) bond motifs is 1. The van der Waals surface area contributed by atoms with Gasteiger partial charge < -0.3 is 14.5 Å². The third kappa shape index (κ3) is 4.22. The normalized spacial score (nSPS) is 12.9. The summed E-state index contributed by atoms with van der Waals surface area (Å²) in [5, 5.41) is 0. The topological polar surface area (TPSA) is 103 Å². The van der Waals surface area contributed by atoms with Gasteiger partial charge in [0.15, 0.2) is 17.1 Å². The summed E-state index contributed by atoms with van der Waals surface area (Å²) in [5.41, 5.74) is 1.04. The maximum absolute atomic E-state index is 12.7. The number of imidazole rings is 1. The van der Waals surface area contributed by atoms with E-state index in [0.29, 0.717) is 39.3 Å². The first-order valence-corrected chi connectivity index (χ1v) is 11.3. The van der Waals surface area contributed by atoms with E-state index in [1.165, 1.54) is 11.7 Å². The Hall–Kier alpha value is -2.33. The lowest BCUT2D eigenvalue weighted by Crippen LogP contribution is -2.28. The highest BCUT2D eigenvalue weighted by Crippen LogP contribution is 2.32. The SMILES string of the molecule is CCOc1cc([C@H](CS(C)(=O)=O)n2c(=O)[nH]c3cc(Br)cnc32)ccc1OC. The van der Waals surface area contributed by atoms with Crippen molar-refractivity contribution in [3.63, 3.8) is 0 Å². The lowest BCUT2D eigenvalue weighted by molar-refractivity contribution is 0.310. The van der Waals surface area contributed by atoms with Crippen molar-refractivity contribution in [3.8, 4) is 11.5 Å². The fourth-order valence-electron chi connectivity index (χ4n) is 3.05. The van der Waals surface area contributed by atoms with E-state index in [4.69, 9.17) is 9.47 Å². The average Bonchev–Trinajstić information content (AvgIpc) is 2.94. The van der Waals surface area contributed by atoms with Crippen LogP contribution in [0.5, 0.6) is 11.5 Å². The van der Waals surface area contributed by atoms with Gasteiger partial charge in [0.1, 0.15) is 9.84 Å². The number of aromatic nitrogens is 3. The Kier molecular flexibility index (Phi) is 5.80. The van der Waals surface area contributed by atoms with Gasteiger partial charge in [0, 0.05) is 16.9 Å². The molecule has 1 aromatic carbocycles. The molecule has 0 amide bonds. The van der Waals surface area contributed by atoms with Crippen LogP contribution in [0.1, 0.15) is 18.5 Å². The third-order valence-electron chi connectivity index (χ3n) is 4.17. The number of rotatable bonds is 7. The summed E-state index contributed by atoms with van der Waals surface area (Å²) in [5.74, 6) is 0.733. The van der Waals surface area contributed by atoms with Gasteiger partial charge in [0.2, 0.25) is 0 Å². The highest BCUT2D eigenvalue weighted by Gasteiger charge is 2.25. The van der Waals surface area contributed by atoms with Gasteiger partial charge in [-0.1, -0.05) is 6.07 Å². The summed E-state index contributed by atoms with van der Waals surface area (Å²) in [6, 6.07) is 6.05. The molecule has 3 aromatic rings. The minimum absolute atomic E-state index is 0.268. The van der Waals surface area contributed by atoms with Crippen LogP contribution in [0.2, 0.25) is 0 Å². The molecule has 0 unspecified atom stereocenters. The zero-order chi connectivity index (χ0) is 20.5. The molecular formula is C18H20BrN3O5S. The molecule has 0 aliphatic heterocycles. The lowest BCUT2D eigenvalue weighted by atomic mass is 10.1. The molecule has 28 heavy (non-hydrogen) atoms. The third-order valence-corrected chi connectivity index (χ3v) is 5.52. The van der Waals surface area contributed by atoms with E-state index in [1.807, 2.05) is 6.92 Å². The molecule has 0 aliphatic carbocycles. The second kappa shape index (κ2) is 7.96. The second-order valence-electron chi connectivity index (χ2n) is 6.28. The van der Waals surface area contributed by atoms with Gasteiger partial charge >= 0.3 is 5.69 Å². The van der Waals surface area contributed by atoms with E-state index < -0.39 is 21.6 Å². The molecule has 10 heteroatoms. The molecule has 0 radical (unpaired) electrons. The predicted molar refractivity (Wildman–Crippen MR) is 110 cm³/mol. The van der Waals surface area contributed by atoms with Gasteiger partial charge in [-0.3, -0.25) is 4.57 Å². The maximum Gasteiger partial charge on any atom is 0.328 e. The number of aromatic amines is 1. The zero-order valence-electron chi connectivity index (χ0n) is 15.6. The molecule has 2 aromatic heterocycles. The molecule has 150 valence electrons. The van der Waals surface area contributed by atoms with E-state index in [9.17, 15) is 13.2 Å². The zero-order valence-corrected chi connectivity index (χ0v) is 18.0. The minimum Gasteiger partial charge on any atom is -0.493 e. The number of hydrogen-bond donors (Lipinski definition) is 1. The van der Waals surface area contributed by atoms with Crippen molar-refractivity contribution in [2.24, 2.45) is 0 Å². The lowest BCUT2D eigenvalue weighted by Gasteiger charge is -2.20. The van der Waals surface area contributed by atoms with E-state index in [0.717, 1.165) is 6.26 Å². The van der Waals surface area contributed by atoms with Crippen LogP contribution in [0.15, 0.2) is 39.7 Å². The smallest absolute Gasteiger partial charge is 0.328 e.